The number of hydrogen-bond acceptors (Lipinski definition) is 8. The molecule has 0 aromatic carbocycles. The highest BCUT2D eigenvalue weighted by atomic mass is 16.7. The van der Waals surface area contributed by atoms with E-state index in [1.54, 1.807) is 0 Å². The third kappa shape index (κ3) is 51.9. The van der Waals surface area contributed by atoms with Crippen molar-refractivity contribution < 1.29 is 39.8 Å². The lowest BCUT2D eigenvalue weighted by Crippen LogP contribution is -2.60. The Labute approximate surface area is 514 Å². The first-order chi connectivity index (χ1) is 40.8. The molecule has 0 spiro atoms. The first-order valence-corrected chi connectivity index (χ1v) is 36.3. The fourth-order valence-corrected chi connectivity index (χ4v) is 11.8. The number of nitrogens with one attached hydrogen (secondary N) is 1. The topological polar surface area (TPSA) is 149 Å². The molecule has 0 aromatic heterocycles. The van der Waals surface area contributed by atoms with Gasteiger partial charge in [0.25, 0.3) is 0 Å². The van der Waals surface area contributed by atoms with E-state index in [0.29, 0.717) is 12.8 Å². The van der Waals surface area contributed by atoms with Crippen LogP contribution in [0.2, 0.25) is 0 Å². The maximum atomic E-state index is 13.2. The SMILES string of the molecule is CC/C=C\C/C=C\C/C=C\C/C=C\CCCCCCCCCCCCCCCCCCC(=O)NC(COC1OC(CO)C(O)C(O)C1O)C(O)CCCCCCCCCCCCCCCCCCCCCCCCCCCCCCCCC. The second-order valence-electron chi connectivity index (χ2n) is 25.4. The molecule has 83 heavy (non-hydrogen) atoms. The van der Waals surface area contributed by atoms with Gasteiger partial charge in [-0.3, -0.25) is 4.79 Å². The van der Waals surface area contributed by atoms with Gasteiger partial charge in [-0.05, 0) is 51.4 Å². The second kappa shape index (κ2) is 63.2. The first kappa shape index (κ1) is 79.2. The summed E-state index contributed by atoms with van der Waals surface area (Å²) < 4.78 is 11.4. The number of aliphatic hydroxyl groups excluding tert-OH is 5. The van der Waals surface area contributed by atoms with Gasteiger partial charge in [-0.15, -0.1) is 0 Å². The largest absolute Gasteiger partial charge is 0.394 e. The van der Waals surface area contributed by atoms with Crippen LogP contribution in [0.4, 0.5) is 0 Å². The van der Waals surface area contributed by atoms with E-state index in [1.807, 2.05) is 0 Å². The monoisotopic (exact) mass is 1170 g/mol. The summed E-state index contributed by atoms with van der Waals surface area (Å²) in [5, 5.41) is 55.0. The van der Waals surface area contributed by atoms with Crippen LogP contribution in [0.15, 0.2) is 48.6 Å². The average molecular weight is 1170 g/mol. The Morgan fingerprint density at radius 3 is 1.11 bits per heavy atom. The van der Waals surface area contributed by atoms with Gasteiger partial charge in [0.2, 0.25) is 5.91 Å². The smallest absolute Gasteiger partial charge is 0.220 e. The number of allylic oxidation sites excluding steroid dienone is 8. The Bertz CT molecular complexity index is 1450. The molecule has 488 valence electrons. The van der Waals surface area contributed by atoms with Gasteiger partial charge in [0.05, 0.1) is 25.4 Å². The summed E-state index contributed by atoms with van der Waals surface area (Å²) >= 11 is 0. The van der Waals surface area contributed by atoms with Crippen molar-refractivity contribution in [3.05, 3.63) is 48.6 Å². The molecule has 0 aliphatic carbocycles. The third-order valence-electron chi connectivity index (χ3n) is 17.4. The van der Waals surface area contributed by atoms with E-state index < -0.39 is 49.5 Å². The molecule has 1 amide bonds. The van der Waals surface area contributed by atoms with Crippen LogP contribution in [0.1, 0.15) is 361 Å². The summed E-state index contributed by atoms with van der Waals surface area (Å²) in [6, 6.07) is -0.721. The summed E-state index contributed by atoms with van der Waals surface area (Å²) in [6.45, 7) is 3.78. The lowest BCUT2D eigenvalue weighted by atomic mass is 9.99. The number of unbranched alkanes of at least 4 members (excludes halogenated alkanes) is 46. The van der Waals surface area contributed by atoms with Crippen LogP contribution in [0, 0.1) is 0 Å². The third-order valence-corrected chi connectivity index (χ3v) is 17.4. The van der Waals surface area contributed by atoms with Crippen molar-refractivity contribution in [3.8, 4) is 0 Å². The van der Waals surface area contributed by atoms with Crippen LogP contribution in [0.5, 0.6) is 0 Å². The number of amides is 1. The molecule has 1 aliphatic rings. The standard InChI is InChI=1S/C74H139NO8/c1-3-5-7-9-11-13-15-17-19-21-23-25-27-29-31-33-34-36-37-39-41-43-45-47-49-51-53-55-57-59-61-63-68(77)67(66-82-74-73(81)72(80)71(79)69(65-76)83-74)75-70(78)64-62-60-58-56-54-52-50-48-46-44-42-40-38-35-32-30-28-26-24-22-20-18-16-14-12-10-8-6-4-2/h6,8,12,14,18,20,24,26,67-69,71-74,76-77,79-81H,3-5,7,9-11,13,15-17,19,21-23,25,27-66H2,1-2H3,(H,75,78)/b8-6-,14-12-,20-18-,26-24-. The number of aliphatic hydroxyl groups is 5. The van der Waals surface area contributed by atoms with Crippen molar-refractivity contribution >= 4 is 5.91 Å². The molecular weight excluding hydrogens is 1030 g/mol. The van der Waals surface area contributed by atoms with Gasteiger partial charge in [0.1, 0.15) is 24.4 Å². The maximum absolute atomic E-state index is 13.2. The van der Waals surface area contributed by atoms with E-state index in [9.17, 15) is 30.3 Å². The summed E-state index contributed by atoms with van der Waals surface area (Å²) in [7, 11) is 0. The zero-order chi connectivity index (χ0) is 60.0. The minimum Gasteiger partial charge on any atom is -0.394 e. The minimum absolute atomic E-state index is 0.135. The summed E-state index contributed by atoms with van der Waals surface area (Å²) in [5.74, 6) is -0.139. The Kier molecular flexibility index (Phi) is 60.3. The van der Waals surface area contributed by atoms with E-state index in [4.69, 9.17) is 9.47 Å². The molecule has 1 aliphatic heterocycles. The van der Waals surface area contributed by atoms with Crippen LogP contribution in [-0.2, 0) is 14.3 Å². The molecule has 7 unspecified atom stereocenters. The fourth-order valence-electron chi connectivity index (χ4n) is 11.8. The Morgan fingerprint density at radius 2 is 0.747 bits per heavy atom. The van der Waals surface area contributed by atoms with Gasteiger partial charge in [0, 0.05) is 6.42 Å². The Hall–Kier alpha value is -1.85. The van der Waals surface area contributed by atoms with Crippen LogP contribution in [0.25, 0.3) is 0 Å². The van der Waals surface area contributed by atoms with E-state index in [1.165, 1.54) is 270 Å². The normalized spacial score (nSPS) is 18.5. The van der Waals surface area contributed by atoms with Crippen molar-refractivity contribution in [2.75, 3.05) is 13.2 Å². The van der Waals surface area contributed by atoms with Gasteiger partial charge >= 0.3 is 0 Å². The van der Waals surface area contributed by atoms with Gasteiger partial charge in [-0.25, -0.2) is 0 Å². The summed E-state index contributed by atoms with van der Waals surface area (Å²) in [6.07, 6.45) is 79.0. The minimum atomic E-state index is -1.55. The van der Waals surface area contributed by atoms with Gasteiger partial charge < -0.3 is 40.3 Å². The maximum Gasteiger partial charge on any atom is 0.220 e. The summed E-state index contributed by atoms with van der Waals surface area (Å²) in [5.41, 5.74) is 0. The molecule has 7 atom stereocenters. The molecule has 9 heteroatoms. The molecule has 0 aromatic rings. The van der Waals surface area contributed by atoms with Crippen LogP contribution < -0.4 is 5.32 Å². The molecule has 6 N–H and O–H groups in total. The Morgan fingerprint density at radius 1 is 0.422 bits per heavy atom. The molecule has 1 fully saturated rings. The second-order valence-corrected chi connectivity index (χ2v) is 25.4. The average Bonchev–Trinajstić information content (AvgIpc) is 3.60. The predicted molar refractivity (Wildman–Crippen MR) is 355 cm³/mol. The van der Waals surface area contributed by atoms with Crippen LogP contribution in [-0.4, -0.2) is 87.5 Å². The molecule has 1 rings (SSSR count). The number of hydrogen-bond donors (Lipinski definition) is 6. The number of rotatable bonds is 64. The summed E-state index contributed by atoms with van der Waals surface area (Å²) in [4.78, 5) is 13.2. The van der Waals surface area contributed by atoms with Crippen molar-refractivity contribution in [2.45, 2.75) is 403 Å². The molecule has 1 saturated heterocycles. The molecule has 9 nitrogen and oxygen atoms in total. The molecule has 1 heterocycles. The number of ether oxygens (including phenoxy) is 2. The van der Waals surface area contributed by atoms with Gasteiger partial charge in [0.15, 0.2) is 6.29 Å². The molecule has 0 bridgehead atoms. The van der Waals surface area contributed by atoms with E-state index >= 15 is 0 Å². The highest BCUT2D eigenvalue weighted by molar-refractivity contribution is 5.76. The van der Waals surface area contributed by atoms with E-state index in [2.05, 4.69) is 67.8 Å². The highest BCUT2D eigenvalue weighted by Crippen LogP contribution is 2.24. The van der Waals surface area contributed by atoms with E-state index in [-0.39, 0.29) is 12.5 Å². The van der Waals surface area contributed by atoms with Crippen LogP contribution >= 0.6 is 0 Å². The van der Waals surface area contributed by atoms with Crippen molar-refractivity contribution in [1.82, 2.24) is 5.32 Å². The quantitative estimate of drug-likeness (QED) is 0.0261. The lowest BCUT2D eigenvalue weighted by molar-refractivity contribution is -0.302. The lowest BCUT2D eigenvalue weighted by Gasteiger charge is -2.40. The zero-order valence-corrected chi connectivity index (χ0v) is 54.7. The number of carbonyl (C=O) groups is 1. The number of carbonyl (C=O) groups excluding carboxylic acids is 1. The molecule has 0 saturated carbocycles. The van der Waals surface area contributed by atoms with Gasteiger partial charge in [-0.1, -0.05) is 351 Å². The Balaban J connectivity index is 2.09. The highest BCUT2D eigenvalue weighted by Gasteiger charge is 2.44. The predicted octanol–water partition coefficient (Wildman–Crippen LogP) is 20.0. The fraction of sp³-hybridized carbons (Fsp3) is 0.878. The van der Waals surface area contributed by atoms with Crippen molar-refractivity contribution in [2.24, 2.45) is 0 Å². The first-order valence-electron chi connectivity index (χ1n) is 36.3. The van der Waals surface area contributed by atoms with Crippen molar-refractivity contribution in [1.29, 1.82) is 0 Å². The van der Waals surface area contributed by atoms with Crippen LogP contribution in [0.3, 0.4) is 0 Å². The van der Waals surface area contributed by atoms with Crippen molar-refractivity contribution in [3.63, 3.8) is 0 Å². The zero-order valence-electron chi connectivity index (χ0n) is 54.7. The molecular formula is C74H139NO8. The van der Waals surface area contributed by atoms with E-state index in [0.717, 1.165) is 64.2 Å². The van der Waals surface area contributed by atoms with Gasteiger partial charge in [-0.2, -0.15) is 0 Å². The molecule has 0 radical (unpaired) electrons.